The number of nitrogens with two attached hydrogens (primary N) is 1. The number of hydrogen-bond donors (Lipinski definition) is 3. The maximum atomic E-state index is 11.0. The van der Waals surface area contributed by atoms with Crippen LogP contribution in [0.4, 0.5) is 17.2 Å². The lowest BCUT2D eigenvalue weighted by Crippen LogP contribution is -2.21. The SMILES string of the molecule is COc1cc2ncc(Nc3ccc(NS(N)(=O)=O)cc3)nc2cc1OC. The fraction of sp³-hybridized carbons (Fsp3) is 0.125. The summed E-state index contributed by atoms with van der Waals surface area (Å²) in [4.78, 5) is 8.85. The fourth-order valence-corrected chi connectivity index (χ4v) is 2.80. The molecule has 10 heteroatoms. The number of fused-ring (bicyclic) bond motifs is 1. The molecule has 0 radical (unpaired) electrons. The number of aromatic nitrogens is 2. The Bertz CT molecular complexity index is 1040. The summed E-state index contributed by atoms with van der Waals surface area (Å²) in [6.07, 6.45) is 1.59. The molecule has 0 aliphatic rings. The first-order chi connectivity index (χ1) is 12.4. The normalized spacial score (nSPS) is 11.2. The molecule has 0 amide bonds. The largest absolute Gasteiger partial charge is 0.493 e. The molecule has 3 rings (SSSR count). The first-order valence-corrected chi connectivity index (χ1v) is 8.99. The van der Waals surface area contributed by atoms with Gasteiger partial charge in [0.05, 0.1) is 31.4 Å². The molecule has 0 aliphatic heterocycles. The maximum absolute atomic E-state index is 11.0. The van der Waals surface area contributed by atoms with E-state index >= 15 is 0 Å². The summed E-state index contributed by atoms with van der Waals surface area (Å²) in [5.41, 5.74) is 2.37. The summed E-state index contributed by atoms with van der Waals surface area (Å²) in [5.74, 6) is 1.66. The van der Waals surface area contributed by atoms with Crippen molar-refractivity contribution in [3.05, 3.63) is 42.6 Å². The van der Waals surface area contributed by atoms with Gasteiger partial charge in [0.1, 0.15) is 5.82 Å². The van der Waals surface area contributed by atoms with Crippen molar-refractivity contribution in [2.45, 2.75) is 0 Å². The van der Waals surface area contributed by atoms with Gasteiger partial charge in [-0.1, -0.05) is 0 Å². The highest BCUT2D eigenvalue weighted by Crippen LogP contribution is 2.31. The van der Waals surface area contributed by atoms with Crippen LogP contribution in [0.3, 0.4) is 0 Å². The summed E-state index contributed by atoms with van der Waals surface area (Å²) in [5, 5.41) is 8.03. The topological polar surface area (TPSA) is 128 Å². The minimum atomic E-state index is -3.80. The molecule has 3 aromatic rings. The fourth-order valence-electron chi connectivity index (χ4n) is 2.33. The molecule has 4 N–H and O–H groups in total. The predicted octanol–water partition coefficient (Wildman–Crippen LogP) is 2.01. The Morgan fingerprint density at radius 2 is 1.54 bits per heavy atom. The molecule has 0 fully saturated rings. The van der Waals surface area contributed by atoms with Crippen LogP contribution in [0.1, 0.15) is 0 Å². The standard InChI is InChI=1S/C16H17N5O4S/c1-24-14-7-12-13(8-15(14)25-2)20-16(9-18-12)19-10-3-5-11(6-4-10)21-26(17,22)23/h3-9,21H,1-2H3,(H,19,20)(H2,17,22,23). The van der Waals surface area contributed by atoms with E-state index in [9.17, 15) is 8.42 Å². The van der Waals surface area contributed by atoms with Gasteiger partial charge >= 0.3 is 0 Å². The molecular formula is C16H17N5O4S. The Hall–Kier alpha value is -3.11. The highest BCUT2D eigenvalue weighted by Gasteiger charge is 2.09. The lowest BCUT2D eigenvalue weighted by molar-refractivity contribution is 0.355. The van der Waals surface area contributed by atoms with Gasteiger partial charge in [0.25, 0.3) is 10.2 Å². The molecule has 136 valence electrons. The van der Waals surface area contributed by atoms with Gasteiger partial charge in [0, 0.05) is 23.5 Å². The molecule has 0 bridgehead atoms. The smallest absolute Gasteiger partial charge is 0.296 e. The number of benzene rings is 2. The van der Waals surface area contributed by atoms with Crippen LogP contribution in [0.5, 0.6) is 11.5 Å². The second-order valence-electron chi connectivity index (χ2n) is 5.30. The number of nitrogens with zero attached hydrogens (tertiary/aromatic N) is 2. The van der Waals surface area contributed by atoms with Crippen molar-refractivity contribution in [2.24, 2.45) is 5.14 Å². The van der Waals surface area contributed by atoms with Crippen molar-refractivity contribution >= 4 is 38.4 Å². The zero-order valence-electron chi connectivity index (χ0n) is 14.1. The quantitative estimate of drug-likeness (QED) is 0.601. The zero-order valence-corrected chi connectivity index (χ0v) is 14.9. The van der Waals surface area contributed by atoms with Gasteiger partial charge < -0.3 is 14.8 Å². The van der Waals surface area contributed by atoms with Crippen LogP contribution in [0.2, 0.25) is 0 Å². The molecule has 0 spiro atoms. The minimum Gasteiger partial charge on any atom is -0.493 e. The highest BCUT2D eigenvalue weighted by molar-refractivity contribution is 7.90. The second kappa shape index (κ2) is 7.02. The molecule has 0 aliphatic carbocycles. The van der Waals surface area contributed by atoms with Gasteiger partial charge in [0.15, 0.2) is 11.5 Å². The van der Waals surface area contributed by atoms with Crippen molar-refractivity contribution < 1.29 is 17.9 Å². The van der Waals surface area contributed by atoms with Crippen molar-refractivity contribution in [1.82, 2.24) is 9.97 Å². The molecule has 2 aromatic carbocycles. The lowest BCUT2D eigenvalue weighted by Gasteiger charge is -2.10. The van der Waals surface area contributed by atoms with E-state index < -0.39 is 10.2 Å². The number of rotatable bonds is 6. The van der Waals surface area contributed by atoms with Crippen LogP contribution in [-0.2, 0) is 10.2 Å². The van der Waals surface area contributed by atoms with Crippen LogP contribution in [0, 0.1) is 0 Å². The number of ether oxygens (including phenoxy) is 2. The van der Waals surface area contributed by atoms with E-state index in [1.807, 2.05) is 0 Å². The number of nitrogens with one attached hydrogen (secondary N) is 2. The van der Waals surface area contributed by atoms with Crippen LogP contribution in [0.25, 0.3) is 11.0 Å². The van der Waals surface area contributed by atoms with Gasteiger partial charge in [-0.05, 0) is 24.3 Å². The van der Waals surface area contributed by atoms with Crippen molar-refractivity contribution in [3.63, 3.8) is 0 Å². The molecular weight excluding hydrogens is 358 g/mol. The maximum Gasteiger partial charge on any atom is 0.296 e. The van der Waals surface area contributed by atoms with E-state index in [1.165, 1.54) is 0 Å². The molecule has 0 unspecified atom stereocenters. The van der Waals surface area contributed by atoms with Crippen LogP contribution >= 0.6 is 0 Å². The van der Waals surface area contributed by atoms with E-state index in [1.54, 1.807) is 56.8 Å². The molecule has 0 saturated carbocycles. The molecule has 26 heavy (non-hydrogen) atoms. The number of anilines is 3. The Morgan fingerprint density at radius 3 is 2.12 bits per heavy atom. The van der Waals surface area contributed by atoms with E-state index in [4.69, 9.17) is 14.6 Å². The van der Waals surface area contributed by atoms with Gasteiger partial charge in [-0.3, -0.25) is 9.71 Å². The Labute approximate surface area is 150 Å². The average molecular weight is 375 g/mol. The van der Waals surface area contributed by atoms with E-state index in [-0.39, 0.29) is 0 Å². The van der Waals surface area contributed by atoms with Gasteiger partial charge in [-0.25, -0.2) is 10.1 Å². The van der Waals surface area contributed by atoms with Crippen molar-refractivity contribution in [3.8, 4) is 11.5 Å². The predicted molar refractivity (Wildman–Crippen MR) is 99.1 cm³/mol. The number of hydrogen-bond acceptors (Lipinski definition) is 7. The molecule has 0 saturated heterocycles. The van der Waals surface area contributed by atoms with Crippen molar-refractivity contribution in [1.29, 1.82) is 0 Å². The van der Waals surface area contributed by atoms with Crippen molar-refractivity contribution in [2.75, 3.05) is 24.3 Å². The lowest BCUT2D eigenvalue weighted by atomic mass is 10.2. The highest BCUT2D eigenvalue weighted by atomic mass is 32.2. The Kier molecular flexibility index (Phi) is 4.78. The average Bonchev–Trinajstić information content (AvgIpc) is 2.61. The van der Waals surface area contributed by atoms with Gasteiger partial charge in [0.2, 0.25) is 0 Å². The Morgan fingerprint density at radius 1 is 0.962 bits per heavy atom. The molecule has 1 aromatic heterocycles. The summed E-state index contributed by atoms with van der Waals surface area (Å²) >= 11 is 0. The van der Waals surface area contributed by atoms with E-state index in [0.29, 0.717) is 39.7 Å². The molecule has 0 atom stereocenters. The molecule has 9 nitrogen and oxygen atoms in total. The van der Waals surface area contributed by atoms with Crippen LogP contribution in [0.15, 0.2) is 42.6 Å². The monoisotopic (exact) mass is 375 g/mol. The van der Waals surface area contributed by atoms with Gasteiger partial charge in [-0.2, -0.15) is 8.42 Å². The molecule has 1 heterocycles. The third kappa shape index (κ3) is 4.10. The van der Waals surface area contributed by atoms with E-state index in [2.05, 4.69) is 20.0 Å². The summed E-state index contributed by atoms with van der Waals surface area (Å²) in [7, 11) is -0.692. The summed E-state index contributed by atoms with van der Waals surface area (Å²) < 4.78 is 34.7. The summed E-state index contributed by atoms with van der Waals surface area (Å²) in [6.45, 7) is 0. The van der Waals surface area contributed by atoms with Crippen LogP contribution < -0.4 is 24.7 Å². The second-order valence-corrected chi connectivity index (χ2v) is 6.59. The summed E-state index contributed by atoms with van der Waals surface area (Å²) in [6, 6.07) is 10.0. The minimum absolute atomic E-state index is 0.361. The first kappa shape index (κ1) is 17.7. The third-order valence-corrected chi connectivity index (χ3v) is 3.99. The first-order valence-electron chi connectivity index (χ1n) is 7.44. The van der Waals surface area contributed by atoms with E-state index in [0.717, 1.165) is 0 Å². The Balaban J connectivity index is 1.84. The van der Waals surface area contributed by atoms with Crippen LogP contribution in [-0.4, -0.2) is 32.6 Å². The van der Waals surface area contributed by atoms with Gasteiger partial charge in [-0.15, -0.1) is 0 Å². The third-order valence-electron chi connectivity index (χ3n) is 3.46. The zero-order chi connectivity index (χ0) is 18.7. The number of methoxy groups -OCH3 is 2.